The predicted molar refractivity (Wildman–Crippen MR) is 121 cm³/mol. The first-order valence-electron chi connectivity index (χ1n) is 10.6. The standard InChI is InChI=1S/C23H28N6O2/c1-3-22(28-12-14-31-15-13-28)21-16-29(27-26-21)19-10-8-18(9-11-19)24-23(30)25-20-7-5-4-6-17(20)2/h4-11,16,22H,3,12-15H2,1-2H3,(H2,24,25,30). The number of hydrogen-bond acceptors (Lipinski definition) is 5. The van der Waals surface area contributed by atoms with Crippen LogP contribution >= 0.6 is 0 Å². The summed E-state index contributed by atoms with van der Waals surface area (Å²) in [6.07, 6.45) is 2.95. The van der Waals surface area contributed by atoms with Crippen LogP contribution in [0.15, 0.2) is 54.7 Å². The topological polar surface area (TPSA) is 84.3 Å². The lowest BCUT2D eigenvalue weighted by Crippen LogP contribution is -2.39. The molecule has 0 aliphatic carbocycles. The molecule has 0 spiro atoms. The molecule has 0 saturated carbocycles. The fourth-order valence-electron chi connectivity index (χ4n) is 3.79. The minimum absolute atomic E-state index is 0.240. The molecule has 1 aliphatic heterocycles. The highest BCUT2D eigenvalue weighted by Gasteiger charge is 2.23. The van der Waals surface area contributed by atoms with Crippen LogP contribution in [0.3, 0.4) is 0 Å². The van der Waals surface area contributed by atoms with E-state index in [9.17, 15) is 4.79 Å². The van der Waals surface area contributed by atoms with Gasteiger partial charge in [-0.2, -0.15) is 0 Å². The van der Waals surface area contributed by atoms with Crippen molar-refractivity contribution in [1.29, 1.82) is 0 Å². The molecule has 8 heteroatoms. The zero-order valence-electron chi connectivity index (χ0n) is 17.9. The summed E-state index contributed by atoms with van der Waals surface area (Å²) in [6.45, 7) is 7.47. The Kier molecular flexibility index (Phi) is 6.59. The smallest absolute Gasteiger partial charge is 0.323 e. The summed E-state index contributed by atoms with van der Waals surface area (Å²) in [7, 11) is 0. The molecule has 8 nitrogen and oxygen atoms in total. The van der Waals surface area contributed by atoms with Gasteiger partial charge in [0.2, 0.25) is 0 Å². The van der Waals surface area contributed by atoms with Gasteiger partial charge in [-0.25, -0.2) is 9.48 Å². The highest BCUT2D eigenvalue weighted by atomic mass is 16.5. The number of nitrogens with one attached hydrogen (secondary N) is 2. The van der Waals surface area contributed by atoms with Crippen LogP contribution in [-0.2, 0) is 4.74 Å². The van der Waals surface area contributed by atoms with Crippen LogP contribution in [0, 0.1) is 6.92 Å². The average molecular weight is 421 g/mol. The minimum atomic E-state index is -0.276. The molecule has 1 unspecified atom stereocenters. The first-order valence-corrected chi connectivity index (χ1v) is 10.6. The molecule has 0 radical (unpaired) electrons. The largest absolute Gasteiger partial charge is 0.379 e. The number of para-hydroxylation sites is 1. The lowest BCUT2D eigenvalue weighted by molar-refractivity contribution is 0.0143. The molecule has 1 fully saturated rings. The Bertz CT molecular complexity index is 1010. The number of morpholine rings is 1. The average Bonchev–Trinajstić information content (AvgIpc) is 3.27. The van der Waals surface area contributed by atoms with E-state index in [4.69, 9.17) is 4.74 Å². The van der Waals surface area contributed by atoms with Gasteiger partial charge in [-0.1, -0.05) is 30.3 Å². The zero-order chi connectivity index (χ0) is 21.6. The van der Waals surface area contributed by atoms with Crippen molar-refractivity contribution in [2.45, 2.75) is 26.3 Å². The molecule has 1 aliphatic rings. The summed E-state index contributed by atoms with van der Waals surface area (Å²) in [5, 5.41) is 14.5. The molecule has 1 aromatic heterocycles. The molecule has 3 aromatic rings. The molecule has 2 amide bonds. The number of anilines is 2. The number of ether oxygens (including phenoxy) is 1. The van der Waals surface area contributed by atoms with Crippen molar-refractivity contribution in [2.75, 3.05) is 36.9 Å². The third-order valence-electron chi connectivity index (χ3n) is 5.51. The monoisotopic (exact) mass is 420 g/mol. The highest BCUT2D eigenvalue weighted by molar-refractivity contribution is 6.00. The van der Waals surface area contributed by atoms with Crippen molar-refractivity contribution in [3.8, 4) is 5.69 Å². The molecule has 2 N–H and O–H groups in total. The third-order valence-corrected chi connectivity index (χ3v) is 5.51. The number of carbonyl (C=O) groups is 1. The van der Waals surface area contributed by atoms with Crippen LogP contribution < -0.4 is 10.6 Å². The second-order valence-corrected chi connectivity index (χ2v) is 7.60. The van der Waals surface area contributed by atoms with Gasteiger partial charge in [0.05, 0.1) is 31.1 Å². The van der Waals surface area contributed by atoms with Gasteiger partial charge in [0, 0.05) is 24.5 Å². The van der Waals surface area contributed by atoms with Gasteiger partial charge in [-0.05, 0) is 49.2 Å². The first kappa shape index (κ1) is 21.0. The maximum absolute atomic E-state index is 12.3. The number of carbonyl (C=O) groups excluding carboxylic acids is 1. The van der Waals surface area contributed by atoms with Gasteiger partial charge < -0.3 is 15.4 Å². The number of nitrogens with zero attached hydrogens (tertiary/aromatic N) is 4. The Labute approximate surface area is 182 Å². The van der Waals surface area contributed by atoms with Crippen molar-refractivity contribution < 1.29 is 9.53 Å². The van der Waals surface area contributed by atoms with E-state index in [-0.39, 0.29) is 12.1 Å². The maximum atomic E-state index is 12.3. The van der Waals surface area contributed by atoms with E-state index in [2.05, 4.69) is 32.8 Å². The van der Waals surface area contributed by atoms with E-state index < -0.39 is 0 Å². The summed E-state index contributed by atoms with van der Waals surface area (Å²) in [5.74, 6) is 0. The van der Waals surface area contributed by atoms with Crippen molar-refractivity contribution in [3.05, 3.63) is 66.0 Å². The Morgan fingerprint density at radius 3 is 2.55 bits per heavy atom. The van der Waals surface area contributed by atoms with Gasteiger partial charge in [-0.15, -0.1) is 5.10 Å². The molecular formula is C23H28N6O2. The lowest BCUT2D eigenvalue weighted by Gasteiger charge is -2.32. The van der Waals surface area contributed by atoms with E-state index in [0.29, 0.717) is 5.69 Å². The van der Waals surface area contributed by atoms with Crippen molar-refractivity contribution in [3.63, 3.8) is 0 Å². The summed E-state index contributed by atoms with van der Waals surface area (Å²) >= 11 is 0. The number of aromatic nitrogens is 3. The molecule has 2 heterocycles. The van der Waals surface area contributed by atoms with Crippen LogP contribution in [0.5, 0.6) is 0 Å². The fourth-order valence-corrected chi connectivity index (χ4v) is 3.79. The van der Waals surface area contributed by atoms with Crippen molar-refractivity contribution >= 4 is 17.4 Å². The molecule has 2 aromatic carbocycles. The Hall–Kier alpha value is -3.23. The molecule has 1 atom stereocenters. The number of urea groups is 1. The number of amides is 2. The summed E-state index contributed by atoms with van der Waals surface area (Å²) in [6, 6.07) is 15.2. The van der Waals surface area contributed by atoms with E-state index >= 15 is 0 Å². The second kappa shape index (κ2) is 9.72. The van der Waals surface area contributed by atoms with Gasteiger partial charge in [-0.3, -0.25) is 4.90 Å². The number of rotatable bonds is 6. The van der Waals surface area contributed by atoms with Crippen molar-refractivity contribution in [2.24, 2.45) is 0 Å². The normalized spacial score (nSPS) is 15.4. The minimum Gasteiger partial charge on any atom is -0.379 e. The van der Waals surface area contributed by atoms with Crippen LogP contribution in [0.1, 0.15) is 30.6 Å². The summed E-state index contributed by atoms with van der Waals surface area (Å²) in [4.78, 5) is 14.7. The SMILES string of the molecule is CCC(c1cn(-c2ccc(NC(=O)Nc3ccccc3C)cc2)nn1)N1CCOCC1. The number of benzene rings is 2. The highest BCUT2D eigenvalue weighted by Crippen LogP contribution is 2.24. The second-order valence-electron chi connectivity index (χ2n) is 7.60. The molecule has 1 saturated heterocycles. The lowest BCUT2D eigenvalue weighted by atomic mass is 10.1. The Morgan fingerprint density at radius 1 is 1.10 bits per heavy atom. The van der Waals surface area contributed by atoms with E-state index in [1.165, 1.54) is 0 Å². The third kappa shape index (κ3) is 5.10. The van der Waals surface area contributed by atoms with Gasteiger partial charge in [0.1, 0.15) is 5.69 Å². The Balaban J connectivity index is 1.40. The van der Waals surface area contributed by atoms with Crippen LogP contribution in [0.4, 0.5) is 16.2 Å². The molecular weight excluding hydrogens is 392 g/mol. The Morgan fingerprint density at radius 2 is 1.84 bits per heavy atom. The van der Waals surface area contributed by atoms with Gasteiger partial charge in [0.15, 0.2) is 0 Å². The summed E-state index contributed by atoms with van der Waals surface area (Å²) in [5.41, 5.74) is 4.36. The van der Waals surface area contributed by atoms with E-state index in [1.807, 2.05) is 61.7 Å². The van der Waals surface area contributed by atoms with E-state index in [0.717, 1.165) is 55.4 Å². The van der Waals surface area contributed by atoms with Gasteiger partial charge in [0.25, 0.3) is 0 Å². The number of aryl methyl sites for hydroxylation is 1. The van der Waals surface area contributed by atoms with Crippen molar-refractivity contribution in [1.82, 2.24) is 19.9 Å². The summed E-state index contributed by atoms with van der Waals surface area (Å²) < 4.78 is 7.24. The molecule has 4 rings (SSSR count). The zero-order valence-corrected chi connectivity index (χ0v) is 17.9. The van der Waals surface area contributed by atoms with Crippen LogP contribution in [-0.4, -0.2) is 52.2 Å². The van der Waals surface area contributed by atoms with Crippen LogP contribution in [0.2, 0.25) is 0 Å². The molecule has 0 bridgehead atoms. The first-order chi connectivity index (χ1) is 15.1. The quantitative estimate of drug-likeness (QED) is 0.630. The predicted octanol–water partition coefficient (Wildman–Crippen LogP) is 4.00. The fraction of sp³-hybridized carbons (Fsp3) is 0.348. The van der Waals surface area contributed by atoms with E-state index in [1.54, 1.807) is 4.68 Å². The maximum Gasteiger partial charge on any atom is 0.323 e. The number of hydrogen-bond donors (Lipinski definition) is 2. The van der Waals surface area contributed by atoms with Crippen LogP contribution in [0.25, 0.3) is 5.69 Å². The molecule has 31 heavy (non-hydrogen) atoms. The van der Waals surface area contributed by atoms with Gasteiger partial charge >= 0.3 is 6.03 Å². The molecule has 162 valence electrons.